The molecule has 0 spiro atoms. The highest BCUT2D eigenvalue weighted by Gasteiger charge is 2.21. The van der Waals surface area contributed by atoms with Crippen LogP contribution in [0.4, 0.5) is 0 Å². The normalized spacial score (nSPS) is 20.6. The van der Waals surface area contributed by atoms with Crippen molar-refractivity contribution in [1.82, 2.24) is 10.2 Å². The summed E-state index contributed by atoms with van der Waals surface area (Å²) in [5.41, 5.74) is 0.663. The molecule has 1 saturated heterocycles. The third-order valence-corrected chi connectivity index (χ3v) is 4.34. The predicted octanol–water partition coefficient (Wildman–Crippen LogP) is 2.27. The highest BCUT2D eigenvalue weighted by atomic mass is 16.5. The van der Waals surface area contributed by atoms with E-state index in [9.17, 15) is 9.59 Å². The Balaban J connectivity index is 1.61. The second kappa shape index (κ2) is 10.3. The Morgan fingerprint density at radius 3 is 2.46 bits per heavy atom. The van der Waals surface area contributed by atoms with Gasteiger partial charge in [0.15, 0.2) is 12.4 Å². The molecule has 1 amide bonds. The zero-order valence-corrected chi connectivity index (χ0v) is 16.0. The molecule has 1 aliphatic rings. The molecule has 0 bridgehead atoms. The third kappa shape index (κ3) is 6.77. The highest BCUT2D eigenvalue weighted by molar-refractivity contribution is 5.95. The Morgan fingerprint density at radius 2 is 1.85 bits per heavy atom. The minimum atomic E-state index is -0.137. The molecule has 1 aliphatic heterocycles. The van der Waals surface area contributed by atoms with Crippen molar-refractivity contribution in [3.8, 4) is 5.75 Å². The molecule has 0 radical (unpaired) electrons. The first-order valence-electron chi connectivity index (χ1n) is 9.38. The Morgan fingerprint density at radius 1 is 1.19 bits per heavy atom. The van der Waals surface area contributed by atoms with Crippen molar-refractivity contribution in [3.63, 3.8) is 0 Å². The van der Waals surface area contributed by atoms with Crippen molar-refractivity contribution in [2.75, 3.05) is 32.8 Å². The van der Waals surface area contributed by atoms with Gasteiger partial charge in [0, 0.05) is 38.2 Å². The quantitative estimate of drug-likeness (QED) is 0.539. The first-order valence-corrected chi connectivity index (χ1v) is 9.38. The summed E-state index contributed by atoms with van der Waals surface area (Å²) < 4.78 is 11.2. The van der Waals surface area contributed by atoms with Crippen LogP contribution < -0.4 is 10.1 Å². The number of benzene rings is 1. The number of Topliss-reactive ketones (excluding diaryl/α,β-unsaturated/α-hetero) is 1. The third-order valence-electron chi connectivity index (χ3n) is 4.34. The molecular weight excluding hydrogens is 332 g/mol. The Kier molecular flexibility index (Phi) is 8.06. The summed E-state index contributed by atoms with van der Waals surface area (Å²) in [5, 5.41) is 2.88. The zero-order valence-electron chi connectivity index (χ0n) is 16.0. The summed E-state index contributed by atoms with van der Waals surface area (Å²) in [7, 11) is 0. The number of hydrogen-bond donors (Lipinski definition) is 1. The van der Waals surface area contributed by atoms with E-state index in [1.54, 1.807) is 24.3 Å². The number of rotatable bonds is 9. The molecule has 1 N–H and O–H groups in total. The lowest BCUT2D eigenvalue weighted by molar-refractivity contribution is -0.123. The van der Waals surface area contributed by atoms with Gasteiger partial charge in [0.2, 0.25) is 0 Å². The number of amides is 1. The van der Waals surface area contributed by atoms with Crippen molar-refractivity contribution in [2.24, 2.45) is 0 Å². The Bertz CT molecular complexity index is 578. The van der Waals surface area contributed by atoms with Crippen molar-refractivity contribution >= 4 is 11.7 Å². The van der Waals surface area contributed by atoms with Gasteiger partial charge in [-0.3, -0.25) is 14.5 Å². The minimum Gasteiger partial charge on any atom is -0.484 e. The second-order valence-electron chi connectivity index (χ2n) is 6.81. The van der Waals surface area contributed by atoms with Crippen LogP contribution >= 0.6 is 0 Å². The molecular formula is C20H30N2O4. The average Bonchev–Trinajstić information content (AvgIpc) is 2.62. The van der Waals surface area contributed by atoms with Crippen LogP contribution in [-0.2, 0) is 9.53 Å². The van der Waals surface area contributed by atoms with E-state index in [1.165, 1.54) is 0 Å². The number of morpholine rings is 1. The lowest BCUT2D eigenvalue weighted by atomic mass is 10.1. The summed E-state index contributed by atoms with van der Waals surface area (Å²) in [5.74, 6) is 0.546. The van der Waals surface area contributed by atoms with E-state index in [0.29, 0.717) is 24.3 Å². The van der Waals surface area contributed by atoms with E-state index in [2.05, 4.69) is 24.1 Å². The van der Waals surface area contributed by atoms with Crippen LogP contribution in [0.2, 0.25) is 0 Å². The van der Waals surface area contributed by atoms with E-state index in [-0.39, 0.29) is 30.5 Å². The van der Waals surface area contributed by atoms with Gasteiger partial charge in [0.05, 0.1) is 12.2 Å². The number of carbonyl (C=O) groups excluding carboxylic acids is 2. The molecule has 6 heteroatoms. The average molecular weight is 362 g/mol. The van der Waals surface area contributed by atoms with Crippen LogP contribution in [0.1, 0.15) is 44.0 Å². The molecule has 1 fully saturated rings. The van der Waals surface area contributed by atoms with Gasteiger partial charge in [-0.15, -0.1) is 0 Å². The summed E-state index contributed by atoms with van der Waals surface area (Å²) in [4.78, 5) is 25.8. The maximum atomic E-state index is 11.9. The minimum absolute atomic E-state index is 0.0211. The molecule has 0 aliphatic carbocycles. The molecule has 1 heterocycles. The second-order valence-corrected chi connectivity index (χ2v) is 6.81. The molecule has 1 aromatic carbocycles. The molecule has 0 saturated carbocycles. The van der Waals surface area contributed by atoms with Crippen molar-refractivity contribution in [3.05, 3.63) is 29.8 Å². The lowest BCUT2D eigenvalue weighted by Crippen LogP contribution is -2.46. The predicted molar refractivity (Wildman–Crippen MR) is 101 cm³/mol. The topological polar surface area (TPSA) is 67.9 Å². The van der Waals surface area contributed by atoms with Gasteiger partial charge in [-0.05, 0) is 44.5 Å². The van der Waals surface area contributed by atoms with Crippen LogP contribution in [0.5, 0.6) is 5.75 Å². The van der Waals surface area contributed by atoms with Crippen molar-refractivity contribution < 1.29 is 19.1 Å². The first-order chi connectivity index (χ1) is 12.5. The van der Waals surface area contributed by atoms with Crippen molar-refractivity contribution in [1.29, 1.82) is 0 Å². The van der Waals surface area contributed by atoms with Crippen LogP contribution in [0.15, 0.2) is 24.3 Å². The SMILES string of the molecule is CCC(=O)c1ccc(OCC(=O)NCCCN2CC(C)OC(C)C2)cc1. The Hall–Kier alpha value is -1.92. The summed E-state index contributed by atoms with van der Waals surface area (Å²) in [6.07, 6.45) is 1.91. The summed E-state index contributed by atoms with van der Waals surface area (Å²) in [6, 6.07) is 6.89. The van der Waals surface area contributed by atoms with E-state index in [0.717, 1.165) is 26.1 Å². The van der Waals surface area contributed by atoms with Crippen LogP contribution in [0.3, 0.4) is 0 Å². The van der Waals surface area contributed by atoms with Gasteiger partial charge in [-0.2, -0.15) is 0 Å². The largest absolute Gasteiger partial charge is 0.484 e. The van der Waals surface area contributed by atoms with E-state index in [4.69, 9.17) is 9.47 Å². The zero-order chi connectivity index (χ0) is 18.9. The summed E-state index contributed by atoms with van der Waals surface area (Å²) >= 11 is 0. The lowest BCUT2D eigenvalue weighted by Gasteiger charge is -2.35. The number of hydrogen-bond acceptors (Lipinski definition) is 5. The molecule has 0 aromatic heterocycles. The van der Waals surface area contributed by atoms with Gasteiger partial charge in [-0.1, -0.05) is 6.92 Å². The van der Waals surface area contributed by atoms with Crippen LogP contribution in [0.25, 0.3) is 0 Å². The molecule has 144 valence electrons. The number of carbonyl (C=O) groups is 2. The molecule has 6 nitrogen and oxygen atoms in total. The van der Waals surface area contributed by atoms with Gasteiger partial charge in [0.25, 0.3) is 5.91 Å². The highest BCUT2D eigenvalue weighted by Crippen LogP contribution is 2.13. The fourth-order valence-electron chi connectivity index (χ4n) is 3.14. The van der Waals surface area contributed by atoms with Crippen LogP contribution in [-0.4, -0.2) is 61.6 Å². The standard InChI is InChI=1S/C20H30N2O4/c1-4-19(23)17-6-8-18(9-7-17)25-14-20(24)21-10-5-11-22-12-15(2)26-16(3)13-22/h6-9,15-16H,4-5,10-14H2,1-3H3,(H,21,24). The maximum Gasteiger partial charge on any atom is 0.257 e. The smallest absolute Gasteiger partial charge is 0.257 e. The van der Waals surface area contributed by atoms with Crippen LogP contribution in [0, 0.1) is 0 Å². The van der Waals surface area contributed by atoms with Gasteiger partial charge in [0.1, 0.15) is 5.75 Å². The fourth-order valence-corrected chi connectivity index (χ4v) is 3.14. The number of nitrogens with one attached hydrogen (secondary N) is 1. The van der Waals surface area contributed by atoms with Gasteiger partial charge < -0.3 is 14.8 Å². The monoisotopic (exact) mass is 362 g/mol. The molecule has 2 unspecified atom stereocenters. The van der Waals surface area contributed by atoms with E-state index >= 15 is 0 Å². The first kappa shape index (κ1) is 20.4. The Labute approximate surface area is 155 Å². The molecule has 2 atom stereocenters. The van der Waals surface area contributed by atoms with Gasteiger partial charge in [-0.25, -0.2) is 0 Å². The number of ether oxygens (including phenoxy) is 2. The molecule has 1 aromatic rings. The fraction of sp³-hybridized carbons (Fsp3) is 0.600. The summed E-state index contributed by atoms with van der Waals surface area (Å²) in [6.45, 7) is 9.46. The maximum absolute atomic E-state index is 11.9. The van der Waals surface area contributed by atoms with Crippen molar-refractivity contribution in [2.45, 2.75) is 45.8 Å². The van der Waals surface area contributed by atoms with Gasteiger partial charge >= 0.3 is 0 Å². The molecule has 2 rings (SSSR count). The number of ketones is 1. The number of nitrogens with zero attached hydrogens (tertiary/aromatic N) is 1. The van der Waals surface area contributed by atoms with E-state index in [1.807, 2.05) is 6.92 Å². The van der Waals surface area contributed by atoms with E-state index < -0.39 is 0 Å². The molecule has 26 heavy (non-hydrogen) atoms.